The minimum atomic E-state index is -0.638. The van der Waals surface area contributed by atoms with E-state index in [2.05, 4.69) is 11.8 Å². The van der Waals surface area contributed by atoms with Crippen LogP contribution in [0.2, 0.25) is 0 Å². The van der Waals surface area contributed by atoms with E-state index in [1.54, 1.807) is 0 Å². The van der Waals surface area contributed by atoms with Crippen LogP contribution in [0.1, 0.15) is 64.7 Å². The molecule has 0 aromatic rings. The Morgan fingerprint density at radius 1 is 1.16 bits per heavy atom. The molecule has 1 aliphatic heterocycles. The van der Waals surface area contributed by atoms with Gasteiger partial charge in [-0.05, 0) is 57.0 Å². The predicted molar refractivity (Wildman–Crippen MR) is 77.2 cm³/mol. The van der Waals surface area contributed by atoms with Gasteiger partial charge in [0.1, 0.15) is 0 Å². The summed E-state index contributed by atoms with van der Waals surface area (Å²) in [6.07, 6.45) is 10.6. The summed E-state index contributed by atoms with van der Waals surface area (Å²) >= 11 is 0. The summed E-state index contributed by atoms with van der Waals surface area (Å²) in [5.74, 6) is 0.918. The molecule has 0 radical (unpaired) electrons. The Kier molecular flexibility index (Phi) is 5.68. The van der Waals surface area contributed by atoms with E-state index in [1.165, 1.54) is 58.0 Å². The normalized spacial score (nSPS) is 30.4. The first-order chi connectivity index (χ1) is 9.20. The molecule has 3 nitrogen and oxygen atoms in total. The third-order valence-electron chi connectivity index (χ3n) is 5.28. The van der Waals surface area contributed by atoms with E-state index in [9.17, 15) is 4.79 Å². The molecule has 1 N–H and O–H groups in total. The van der Waals surface area contributed by atoms with E-state index in [0.29, 0.717) is 12.3 Å². The van der Waals surface area contributed by atoms with Crippen molar-refractivity contribution in [2.45, 2.75) is 70.8 Å². The molecular weight excluding hydrogens is 238 g/mol. The first kappa shape index (κ1) is 14.8. The van der Waals surface area contributed by atoms with Crippen LogP contribution in [0, 0.1) is 11.8 Å². The molecule has 2 rings (SSSR count). The van der Waals surface area contributed by atoms with Crippen molar-refractivity contribution in [2.24, 2.45) is 11.8 Å². The van der Waals surface area contributed by atoms with Gasteiger partial charge < -0.3 is 10.0 Å². The molecule has 2 aliphatic rings. The summed E-state index contributed by atoms with van der Waals surface area (Å²) in [6, 6.07) is 0.819. The number of hydrogen-bond acceptors (Lipinski definition) is 2. The predicted octanol–water partition coefficient (Wildman–Crippen LogP) is 3.53. The van der Waals surface area contributed by atoms with Gasteiger partial charge in [0.25, 0.3) is 0 Å². The Hall–Kier alpha value is -0.570. The second kappa shape index (κ2) is 7.28. The van der Waals surface area contributed by atoms with Gasteiger partial charge in [-0.2, -0.15) is 0 Å². The molecule has 0 bridgehead atoms. The zero-order valence-corrected chi connectivity index (χ0v) is 12.3. The van der Waals surface area contributed by atoms with E-state index in [1.807, 2.05) is 0 Å². The van der Waals surface area contributed by atoms with Crippen molar-refractivity contribution >= 4 is 5.97 Å². The average molecular weight is 267 g/mol. The van der Waals surface area contributed by atoms with Crippen molar-refractivity contribution in [2.75, 3.05) is 13.1 Å². The Labute approximate surface area is 117 Å². The summed E-state index contributed by atoms with van der Waals surface area (Å²) < 4.78 is 0. The second-order valence-electron chi connectivity index (χ2n) is 6.43. The lowest BCUT2D eigenvalue weighted by molar-refractivity contribution is -0.137. The number of nitrogens with zero attached hydrogens (tertiary/aromatic N) is 1. The molecular formula is C16H29NO2. The second-order valence-corrected chi connectivity index (χ2v) is 6.43. The van der Waals surface area contributed by atoms with Crippen LogP contribution in [0.15, 0.2) is 0 Å². The van der Waals surface area contributed by atoms with Gasteiger partial charge in [-0.3, -0.25) is 4.79 Å². The maximum absolute atomic E-state index is 10.6. The summed E-state index contributed by atoms with van der Waals surface area (Å²) in [5, 5.41) is 8.76. The Morgan fingerprint density at radius 3 is 2.47 bits per heavy atom. The van der Waals surface area contributed by atoms with Gasteiger partial charge in [0, 0.05) is 12.5 Å². The van der Waals surface area contributed by atoms with Gasteiger partial charge in [0.15, 0.2) is 0 Å². The number of hydrogen-bond donors (Lipinski definition) is 1. The maximum atomic E-state index is 10.6. The number of rotatable bonds is 5. The fraction of sp³-hybridized carbons (Fsp3) is 0.938. The third kappa shape index (κ3) is 4.20. The van der Waals surface area contributed by atoms with Gasteiger partial charge in [0.2, 0.25) is 0 Å². The molecule has 2 fully saturated rings. The largest absolute Gasteiger partial charge is 0.481 e. The first-order valence-corrected chi connectivity index (χ1v) is 8.16. The molecule has 1 saturated heterocycles. The molecule has 0 aromatic heterocycles. The Morgan fingerprint density at radius 2 is 1.84 bits per heavy atom. The molecule has 3 heteroatoms. The van der Waals surface area contributed by atoms with Gasteiger partial charge >= 0.3 is 5.97 Å². The third-order valence-corrected chi connectivity index (χ3v) is 5.28. The van der Waals surface area contributed by atoms with Gasteiger partial charge in [0.05, 0.1) is 0 Å². The van der Waals surface area contributed by atoms with Crippen molar-refractivity contribution in [1.82, 2.24) is 4.90 Å². The minimum absolute atomic E-state index is 0.353. The van der Waals surface area contributed by atoms with E-state index in [0.717, 1.165) is 18.4 Å². The molecule has 0 spiro atoms. The molecule has 110 valence electrons. The number of carboxylic acid groups (broad SMARTS) is 1. The lowest BCUT2D eigenvalue weighted by Crippen LogP contribution is -2.46. The maximum Gasteiger partial charge on any atom is 0.303 e. The molecule has 0 amide bonds. The SMILES string of the molecule is CCC1CCCCC1N1CCC(CCC(=O)O)CC1. The molecule has 2 unspecified atom stereocenters. The lowest BCUT2D eigenvalue weighted by atomic mass is 9.80. The highest BCUT2D eigenvalue weighted by Crippen LogP contribution is 2.33. The van der Waals surface area contributed by atoms with Gasteiger partial charge in [-0.15, -0.1) is 0 Å². The standard InChI is InChI=1S/C16H29NO2/c1-2-14-5-3-4-6-15(14)17-11-9-13(10-12-17)7-8-16(18)19/h13-15H,2-12H2,1H3,(H,18,19). The first-order valence-electron chi connectivity index (χ1n) is 8.16. The smallest absolute Gasteiger partial charge is 0.303 e. The molecule has 1 heterocycles. The van der Waals surface area contributed by atoms with Crippen molar-refractivity contribution in [3.63, 3.8) is 0 Å². The van der Waals surface area contributed by atoms with E-state index < -0.39 is 5.97 Å². The van der Waals surface area contributed by atoms with Crippen LogP contribution in [-0.2, 0) is 4.79 Å². The molecule has 19 heavy (non-hydrogen) atoms. The van der Waals surface area contributed by atoms with Crippen molar-refractivity contribution in [1.29, 1.82) is 0 Å². The molecule has 0 aromatic carbocycles. The van der Waals surface area contributed by atoms with Crippen molar-refractivity contribution in [3.8, 4) is 0 Å². The average Bonchev–Trinajstić information content (AvgIpc) is 2.45. The fourth-order valence-electron chi connectivity index (χ4n) is 4.05. The van der Waals surface area contributed by atoms with Crippen LogP contribution in [0.3, 0.4) is 0 Å². The number of piperidine rings is 1. The zero-order chi connectivity index (χ0) is 13.7. The highest BCUT2D eigenvalue weighted by molar-refractivity contribution is 5.66. The quantitative estimate of drug-likeness (QED) is 0.828. The summed E-state index contributed by atoms with van der Waals surface area (Å²) in [6.45, 7) is 4.74. The number of likely N-dealkylation sites (tertiary alicyclic amines) is 1. The van der Waals surface area contributed by atoms with Crippen LogP contribution in [0.4, 0.5) is 0 Å². The summed E-state index contributed by atoms with van der Waals surface area (Å²) in [4.78, 5) is 13.3. The molecule has 1 aliphatic carbocycles. The topological polar surface area (TPSA) is 40.5 Å². The summed E-state index contributed by atoms with van der Waals surface area (Å²) in [7, 11) is 0. The van der Waals surface area contributed by atoms with Gasteiger partial charge in [-0.25, -0.2) is 0 Å². The summed E-state index contributed by atoms with van der Waals surface area (Å²) in [5.41, 5.74) is 0. The lowest BCUT2D eigenvalue weighted by Gasteiger charge is -2.43. The van der Waals surface area contributed by atoms with Crippen LogP contribution in [0.25, 0.3) is 0 Å². The number of carbonyl (C=O) groups is 1. The highest BCUT2D eigenvalue weighted by atomic mass is 16.4. The number of aliphatic carboxylic acids is 1. The Balaban J connectivity index is 1.77. The van der Waals surface area contributed by atoms with Gasteiger partial charge in [-0.1, -0.05) is 26.2 Å². The van der Waals surface area contributed by atoms with Crippen LogP contribution >= 0.6 is 0 Å². The highest BCUT2D eigenvalue weighted by Gasteiger charge is 2.31. The van der Waals surface area contributed by atoms with Crippen LogP contribution in [-0.4, -0.2) is 35.1 Å². The monoisotopic (exact) mass is 267 g/mol. The van der Waals surface area contributed by atoms with Crippen LogP contribution < -0.4 is 0 Å². The number of carboxylic acids is 1. The van der Waals surface area contributed by atoms with E-state index >= 15 is 0 Å². The Bertz CT molecular complexity index is 284. The van der Waals surface area contributed by atoms with E-state index in [4.69, 9.17) is 5.11 Å². The van der Waals surface area contributed by atoms with Crippen LogP contribution in [0.5, 0.6) is 0 Å². The van der Waals surface area contributed by atoms with Crippen molar-refractivity contribution in [3.05, 3.63) is 0 Å². The molecule has 2 atom stereocenters. The fourth-order valence-corrected chi connectivity index (χ4v) is 4.05. The molecule has 1 saturated carbocycles. The minimum Gasteiger partial charge on any atom is -0.481 e. The van der Waals surface area contributed by atoms with E-state index in [-0.39, 0.29) is 0 Å². The zero-order valence-electron chi connectivity index (χ0n) is 12.3. The van der Waals surface area contributed by atoms with Crippen molar-refractivity contribution < 1.29 is 9.90 Å².